The molecular weight excluding hydrogens is 344 g/mol. The van der Waals surface area contributed by atoms with E-state index in [0.29, 0.717) is 12.3 Å². The van der Waals surface area contributed by atoms with Crippen LogP contribution in [0.1, 0.15) is 11.1 Å². The predicted octanol–water partition coefficient (Wildman–Crippen LogP) is 3.83. The number of aromatic nitrogens is 3. The SMILES string of the molecule is Cc1ccc(CNC(=O)CSc2ncnc3c2[nH]c2ccccc23)cc1. The lowest BCUT2D eigenvalue weighted by Crippen LogP contribution is -2.24. The van der Waals surface area contributed by atoms with Crippen molar-refractivity contribution in [3.8, 4) is 0 Å². The van der Waals surface area contributed by atoms with Gasteiger partial charge in [0, 0.05) is 17.4 Å². The van der Waals surface area contributed by atoms with E-state index in [4.69, 9.17) is 0 Å². The average molecular weight is 362 g/mol. The van der Waals surface area contributed by atoms with Crippen LogP contribution in [0.15, 0.2) is 59.9 Å². The first kappa shape index (κ1) is 16.6. The van der Waals surface area contributed by atoms with Crippen molar-refractivity contribution in [3.05, 3.63) is 66.0 Å². The van der Waals surface area contributed by atoms with Gasteiger partial charge in [-0.2, -0.15) is 0 Å². The van der Waals surface area contributed by atoms with E-state index in [2.05, 4.69) is 20.3 Å². The number of para-hydroxylation sites is 1. The van der Waals surface area contributed by atoms with Gasteiger partial charge >= 0.3 is 0 Å². The van der Waals surface area contributed by atoms with Gasteiger partial charge in [-0.25, -0.2) is 9.97 Å². The molecule has 4 rings (SSSR count). The summed E-state index contributed by atoms with van der Waals surface area (Å²) < 4.78 is 0. The molecule has 0 spiro atoms. The minimum Gasteiger partial charge on any atom is -0.351 e. The quantitative estimate of drug-likeness (QED) is 0.418. The van der Waals surface area contributed by atoms with Crippen molar-refractivity contribution in [2.75, 3.05) is 5.75 Å². The van der Waals surface area contributed by atoms with Gasteiger partial charge < -0.3 is 10.3 Å². The van der Waals surface area contributed by atoms with Crippen LogP contribution in [0.25, 0.3) is 21.9 Å². The minimum absolute atomic E-state index is 0.0153. The number of nitrogens with zero attached hydrogens (tertiary/aromatic N) is 2. The van der Waals surface area contributed by atoms with Gasteiger partial charge in [0.15, 0.2) is 0 Å². The summed E-state index contributed by atoms with van der Waals surface area (Å²) in [5.74, 6) is 0.298. The summed E-state index contributed by atoms with van der Waals surface area (Å²) in [6.07, 6.45) is 1.55. The highest BCUT2D eigenvalue weighted by Crippen LogP contribution is 2.29. The summed E-state index contributed by atoms with van der Waals surface area (Å²) in [4.78, 5) is 24.3. The first-order chi connectivity index (χ1) is 12.7. The Morgan fingerprint density at radius 2 is 1.92 bits per heavy atom. The summed E-state index contributed by atoms with van der Waals surface area (Å²) in [6, 6.07) is 16.2. The number of aryl methyl sites for hydroxylation is 1. The van der Waals surface area contributed by atoms with E-state index in [1.807, 2.05) is 55.5 Å². The number of fused-ring (bicyclic) bond motifs is 3. The Morgan fingerprint density at radius 3 is 2.77 bits per heavy atom. The lowest BCUT2D eigenvalue weighted by molar-refractivity contribution is -0.118. The molecule has 0 aliphatic rings. The second-order valence-corrected chi connectivity index (χ2v) is 7.09. The Morgan fingerprint density at radius 1 is 1.12 bits per heavy atom. The van der Waals surface area contributed by atoms with Crippen molar-refractivity contribution in [2.24, 2.45) is 0 Å². The smallest absolute Gasteiger partial charge is 0.230 e. The fourth-order valence-electron chi connectivity index (χ4n) is 2.82. The van der Waals surface area contributed by atoms with Crippen molar-refractivity contribution >= 4 is 39.6 Å². The molecule has 0 saturated heterocycles. The number of hydrogen-bond acceptors (Lipinski definition) is 4. The molecule has 0 radical (unpaired) electrons. The Labute approximate surface area is 155 Å². The number of benzene rings is 2. The molecule has 0 aliphatic heterocycles. The lowest BCUT2D eigenvalue weighted by atomic mass is 10.1. The van der Waals surface area contributed by atoms with Crippen LogP contribution in [-0.4, -0.2) is 26.6 Å². The van der Waals surface area contributed by atoms with Gasteiger partial charge in [-0.1, -0.05) is 59.8 Å². The van der Waals surface area contributed by atoms with E-state index in [0.717, 1.165) is 32.5 Å². The molecule has 5 nitrogen and oxygen atoms in total. The zero-order valence-corrected chi connectivity index (χ0v) is 15.1. The third kappa shape index (κ3) is 3.41. The predicted molar refractivity (Wildman–Crippen MR) is 105 cm³/mol. The van der Waals surface area contributed by atoms with Crippen LogP contribution >= 0.6 is 11.8 Å². The normalized spacial score (nSPS) is 11.1. The molecule has 6 heteroatoms. The van der Waals surface area contributed by atoms with Gasteiger partial charge in [0.05, 0.1) is 11.3 Å². The van der Waals surface area contributed by atoms with Crippen LogP contribution in [-0.2, 0) is 11.3 Å². The zero-order valence-electron chi connectivity index (χ0n) is 14.3. The van der Waals surface area contributed by atoms with Gasteiger partial charge in [0.1, 0.15) is 16.9 Å². The first-order valence-electron chi connectivity index (χ1n) is 8.37. The highest BCUT2D eigenvalue weighted by atomic mass is 32.2. The van der Waals surface area contributed by atoms with E-state index < -0.39 is 0 Å². The van der Waals surface area contributed by atoms with Crippen LogP contribution in [0.3, 0.4) is 0 Å². The second-order valence-electron chi connectivity index (χ2n) is 6.12. The van der Waals surface area contributed by atoms with E-state index in [1.165, 1.54) is 17.3 Å². The van der Waals surface area contributed by atoms with E-state index >= 15 is 0 Å². The Balaban J connectivity index is 1.44. The summed E-state index contributed by atoms with van der Waals surface area (Å²) in [5.41, 5.74) is 5.09. The van der Waals surface area contributed by atoms with Crippen LogP contribution in [0.2, 0.25) is 0 Å². The van der Waals surface area contributed by atoms with Gasteiger partial charge in [-0.05, 0) is 18.6 Å². The van der Waals surface area contributed by atoms with Crippen LogP contribution in [0.4, 0.5) is 0 Å². The molecule has 2 N–H and O–H groups in total. The number of hydrogen-bond donors (Lipinski definition) is 2. The van der Waals surface area contributed by atoms with Gasteiger partial charge in [-0.3, -0.25) is 4.79 Å². The molecule has 0 atom stereocenters. The third-order valence-corrected chi connectivity index (χ3v) is 5.19. The van der Waals surface area contributed by atoms with Crippen molar-refractivity contribution in [1.29, 1.82) is 0 Å². The van der Waals surface area contributed by atoms with Gasteiger partial charge in [0.2, 0.25) is 5.91 Å². The topological polar surface area (TPSA) is 70.7 Å². The van der Waals surface area contributed by atoms with Crippen LogP contribution < -0.4 is 5.32 Å². The van der Waals surface area contributed by atoms with Crippen molar-refractivity contribution in [2.45, 2.75) is 18.5 Å². The number of carbonyl (C=O) groups excluding carboxylic acids is 1. The monoisotopic (exact) mass is 362 g/mol. The molecule has 0 unspecified atom stereocenters. The summed E-state index contributed by atoms with van der Waals surface area (Å²) in [6.45, 7) is 2.58. The van der Waals surface area contributed by atoms with Crippen LogP contribution in [0, 0.1) is 6.92 Å². The molecule has 0 bridgehead atoms. The highest BCUT2D eigenvalue weighted by molar-refractivity contribution is 8.00. The Kier molecular flexibility index (Phi) is 4.58. The van der Waals surface area contributed by atoms with E-state index in [9.17, 15) is 4.79 Å². The summed E-state index contributed by atoms with van der Waals surface area (Å²) in [7, 11) is 0. The molecule has 0 aliphatic carbocycles. The average Bonchev–Trinajstić information content (AvgIpc) is 3.05. The molecular formula is C20H18N4OS. The lowest BCUT2D eigenvalue weighted by Gasteiger charge is -2.06. The molecule has 130 valence electrons. The van der Waals surface area contributed by atoms with E-state index in [-0.39, 0.29) is 5.91 Å². The van der Waals surface area contributed by atoms with Crippen molar-refractivity contribution in [1.82, 2.24) is 20.3 Å². The summed E-state index contributed by atoms with van der Waals surface area (Å²) in [5, 5.41) is 4.80. The zero-order chi connectivity index (χ0) is 17.9. The maximum atomic E-state index is 12.2. The molecule has 4 aromatic rings. The Bertz CT molecular complexity index is 1070. The number of thioether (sulfide) groups is 1. The Hall–Kier alpha value is -2.86. The van der Waals surface area contributed by atoms with Crippen molar-refractivity contribution in [3.63, 3.8) is 0 Å². The number of amides is 1. The maximum Gasteiger partial charge on any atom is 0.230 e. The first-order valence-corrected chi connectivity index (χ1v) is 9.36. The second kappa shape index (κ2) is 7.17. The standard InChI is InChI=1S/C20H18N4OS/c1-13-6-8-14(9-7-13)10-21-17(25)11-26-20-19-18(22-12-23-20)15-4-2-3-5-16(15)24-19/h2-9,12,24H,10-11H2,1H3,(H,21,25). The molecule has 26 heavy (non-hydrogen) atoms. The number of carbonyl (C=O) groups is 1. The van der Waals surface area contributed by atoms with Crippen LogP contribution in [0.5, 0.6) is 0 Å². The molecule has 0 saturated carbocycles. The van der Waals surface area contributed by atoms with Gasteiger partial charge in [0.25, 0.3) is 0 Å². The highest BCUT2D eigenvalue weighted by Gasteiger charge is 2.12. The number of rotatable bonds is 5. The number of H-pyrrole nitrogens is 1. The fourth-order valence-corrected chi connectivity index (χ4v) is 3.60. The summed E-state index contributed by atoms with van der Waals surface area (Å²) >= 11 is 1.42. The largest absolute Gasteiger partial charge is 0.351 e. The molecule has 2 heterocycles. The van der Waals surface area contributed by atoms with Crippen molar-refractivity contribution < 1.29 is 4.79 Å². The number of aromatic amines is 1. The molecule has 2 aromatic carbocycles. The van der Waals surface area contributed by atoms with E-state index in [1.54, 1.807) is 6.33 Å². The maximum absolute atomic E-state index is 12.2. The number of nitrogens with one attached hydrogen (secondary N) is 2. The molecule has 0 fully saturated rings. The molecule has 1 amide bonds. The fraction of sp³-hybridized carbons (Fsp3) is 0.150. The van der Waals surface area contributed by atoms with Gasteiger partial charge in [-0.15, -0.1) is 0 Å². The third-order valence-electron chi connectivity index (χ3n) is 4.20. The molecule has 2 aromatic heterocycles. The minimum atomic E-state index is -0.0153.